The summed E-state index contributed by atoms with van der Waals surface area (Å²) in [7, 11) is 3.29. The highest BCUT2D eigenvalue weighted by Crippen LogP contribution is 2.23. The van der Waals surface area contributed by atoms with Gasteiger partial charge in [0.05, 0.1) is 12.5 Å². The molecule has 0 heterocycles. The first kappa shape index (κ1) is 29.6. The fourth-order valence-corrected chi connectivity index (χ4v) is 4.02. The summed E-state index contributed by atoms with van der Waals surface area (Å²) in [4.78, 5) is 52.6. The van der Waals surface area contributed by atoms with Crippen LogP contribution < -0.4 is 4.90 Å². The van der Waals surface area contributed by atoms with E-state index in [1.807, 2.05) is 0 Å². The molecule has 36 heavy (non-hydrogen) atoms. The standard InChI is InChI=1S/C28H42N2O6/c1-21(2)20-36-16-7-15-35-17-14-29(3)27(33)19-28(34)30(4)23-12-10-22(11-13-23)18-26(32)24-8-5-6-9-25(24)31/h10-13,21,24H,5-9,14-20H2,1-4H3. The van der Waals surface area contributed by atoms with Crippen molar-refractivity contribution >= 4 is 29.1 Å². The van der Waals surface area contributed by atoms with Crippen molar-refractivity contribution in [1.82, 2.24) is 4.90 Å². The number of carbonyl (C=O) groups is 4. The summed E-state index contributed by atoms with van der Waals surface area (Å²) in [5, 5.41) is 0. The number of anilines is 1. The molecule has 0 N–H and O–H groups in total. The molecule has 1 aromatic rings. The lowest BCUT2D eigenvalue weighted by atomic mass is 9.83. The minimum absolute atomic E-state index is 0.0334. The zero-order chi connectivity index (χ0) is 26.5. The molecule has 8 heteroatoms. The molecule has 1 aliphatic rings. The number of benzene rings is 1. The summed E-state index contributed by atoms with van der Waals surface area (Å²) < 4.78 is 11.1. The molecule has 1 unspecified atom stereocenters. The van der Waals surface area contributed by atoms with Gasteiger partial charge in [0.25, 0.3) is 0 Å². The minimum Gasteiger partial charge on any atom is -0.381 e. The largest absolute Gasteiger partial charge is 0.381 e. The quantitative estimate of drug-likeness (QED) is 0.269. The van der Waals surface area contributed by atoms with Gasteiger partial charge >= 0.3 is 0 Å². The summed E-state index contributed by atoms with van der Waals surface area (Å²) >= 11 is 0. The number of amides is 2. The number of likely N-dealkylation sites (N-methyl/N-ethyl adjacent to an activating group) is 1. The van der Waals surface area contributed by atoms with Gasteiger partial charge in [-0.25, -0.2) is 0 Å². The van der Waals surface area contributed by atoms with Crippen molar-refractivity contribution in [2.75, 3.05) is 52.0 Å². The summed E-state index contributed by atoms with van der Waals surface area (Å²) in [6, 6.07) is 7.11. The number of Topliss-reactive ketones (excluding diaryl/α,β-unsaturated/α-hetero) is 2. The molecular weight excluding hydrogens is 460 g/mol. The number of hydrogen-bond acceptors (Lipinski definition) is 6. The van der Waals surface area contributed by atoms with Gasteiger partial charge in [0.1, 0.15) is 18.0 Å². The number of ketones is 2. The third-order valence-corrected chi connectivity index (χ3v) is 6.35. The normalized spacial score (nSPS) is 15.7. The minimum atomic E-state index is -0.472. The van der Waals surface area contributed by atoms with Crippen LogP contribution in [0.4, 0.5) is 5.69 Å². The molecule has 2 amide bonds. The first-order chi connectivity index (χ1) is 17.2. The van der Waals surface area contributed by atoms with E-state index >= 15 is 0 Å². The van der Waals surface area contributed by atoms with Crippen LogP contribution in [-0.4, -0.2) is 75.3 Å². The van der Waals surface area contributed by atoms with E-state index in [2.05, 4.69) is 13.8 Å². The fourth-order valence-electron chi connectivity index (χ4n) is 4.02. The molecule has 0 bridgehead atoms. The van der Waals surface area contributed by atoms with Crippen molar-refractivity contribution in [2.45, 2.75) is 58.8 Å². The lowest BCUT2D eigenvalue weighted by molar-refractivity contribution is -0.136. The molecule has 200 valence electrons. The van der Waals surface area contributed by atoms with Crippen molar-refractivity contribution in [2.24, 2.45) is 11.8 Å². The second-order valence-corrected chi connectivity index (χ2v) is 9.95. The molecule has 1 atom stereocenters. The number of nitrogens with zero attached hydrogens (tertiary/aromatic N) is 2. The summed E-state index contributed by atoms with van der Waals surface area (Å²) in [5.74, 6) is -0.516. The lowest BCUT2D eigenvalue weighted by Crippen LogP contribution is -2.36. The number of rotatable bonds is 15. The smallest absolute Gasteiger partial charge is 0.236 e. The topological polar surface area (TPSA) is 93.2 Å². The van der Waals surface area contributed by atoms with E-state index in [-0.39, 0.29) is 36.2 Å². The monoisotopic (exact) mass is 502 g/mol. The van der Waals surface area contributed by atoms with Crippen LogP contribution in [0.5, 0.6) is 0 Å². The van der Waals surface area contributed by atoms with Crippen LogP contribution in [0, 0.1) is 11.8 Å². The Bertz CT molecular complexity index is 867. The molecular formula is C28H42N2O6. The third kappa shape index (κ3) is 10.2. The highest BCUT2D eigenvalue weighted by atomic mass is 16.5. The second kappa shape index (κ2) is 15.5. The van der Waals surface area contributed by atoms with Gasteiger partial charge in [0.2, 0.25) is 11.8 Å². The maximum Gasteiger partial charge on any atom is 0.236 e. The average Bonchev–Trinajstić information content (AvgIpc) is 2.85. The molecule has 1 aromatic carbocycles. The third-order valence-electron chi connectivity index (χ3n) is 6.35. The summed E-state index contributed by atoms with van der Waals surface area (Å²) in [6.45, 7) is 7.00. The van der Waals surface area contributed by atoms with Crippen molar-refractivity contribution in [1.29, 1.82) is 0 Å². The Hall–Kier alpha value is -2.58. The van der Waals surface area contributed by atoms with Gasteiger partial charge in [-0.1, -0.05) is 32.4 Å². The first-order valence-electron chi connectivity index (χ1n) is 13.0. The van der Waals surface area contributed by atoms with E-state index in [9.17, 15) is 19.2 Å². The van der Waals surface area contributed by atoms with Gasteiger partial charge in [-0.05, 0) is 42.9 Å². The van der Waals surface area contributed by atoms with E-state index in [1.54, 1.807) is 38.4 Å². The van der Waals surface area contributed by atoms with E-state index in [0.29, 0.717) is 50.8 Å². The average molecular weight is 503 g/mol. The molecule has 1 aliphatic carbocycles. The molecule has 0 radical (unpaired) electrons. The zero-order valence-corrected chi connectivity index (χ0v) is 22.3. The Balaban J connectivity index is 1.71. The van der Waals surface area contributed by atoms with Crippen LogP contribution in [0.3, 0.4) is 0 Å². The Kier molecular flexibility index (Phi) is 12.8. The molecule has 0 saturated heterocycles. The van der Waals surface area contributed by atoms with Gasteiger partial charge in [-0.3, -0.25) is 19.2 Å². The predicted molar refractivity (Wildman–Crippen MR) is 139 cm³/mol. The molecule has 2 rings (SSSR count). The van der Waals surface area contributed by atoms with E-state index in [0.717, 1.165) is 31.4 Å². The fraction of sp³-hybridized carbons (Fsp3) is 0.643. The molecule has 0 spiro atoms. The maximum atomic E-state index is 12.6. The Morgan fingerprint density at radius 2 is 1.67 bits per heavy atom. The highest BCUT2D eigenvalue weighted by Gasteiger charge is 2.28. The van der Waals surface area contributed by atoms with Gasteiger partial charge < -0.3 is 19.3 Å². The number of hydrogen-bond donors (Lipinski definition) is 0. The molecule has 8 nitrogen and oxygen atoms in total. The second-order valence-electron chi connectivity index (χ2n) is 9.95. The SMILES string of the molecule is CC(C)COCCCOCCN(C)C(=O)CC(=O)N(C)c1ccc(CC(=O)C2CCCCC2=O)cc1. The number of ether oxygens (including phenoxy) is 2. The Morgan fingerprint density at radius 3 is 2.33 bits per heavy atom. The van der Waals surface area contributed by atoms with Crippen LogP contribution in [0.2, 0.25) is 0 Å². The zero-order valence-electron chi connectivity index (χ0n) is 22.3. The van der Waals surface area contributed by atoms with Gasteiger partial charge in [-0.15, -0.1) is 0 Å². The highest BCUT2D eigenvalue weighted by molar-refractivity contribution is 6.05. The maximum absolute atomic E-state index is 12.6. The van der Waals surface area contributed by atoms with Crippen LogP contribution in [0.1, 0.15) is 57.9 Å². The van der Waals surface area contributed by atoms with Crippen LogP contribution in [-0.2, 0) is 35.1 Å². The molecule has 0 aliphatic heterocycles. The molecule has 0 aromatic heterocycles. The molecule has 1 saturated carbocycles. The van der Waals surface area contributed by atoms with Crippen LogP contribution in [0.15, 0.2) is 24.3 Å². The first-order valence-corrected chi connectivity index (χ1v) is 13.0. The van der Waals surface area contributed by atoms with Crippen molar-refractivity contribution < 1.29 is 28.7 Å². The lowest BCUT2D eigenvalue weighted by Gasteiger charge is -2.21. The van der Waals surface area contributed by atoms with Crippen LogP contribution in [0.25, 0.3) is 0 Å². The number of carbonyl (C=O) groups excluding carboxylic acids is 4. The molecule has 1 fully saturated rings. The van der Waals surface area contributed by atoms with Gasteiger partial charge in [-0.2, -0.15) is 0 Å². The Morgan fingerprint density at radius 1 is 0.972 bits per heavy atom. The Labute approximate surface area is 215 Å². The van der Waals surface area contributed by atoms with E-state index < -0.39 is 5.92 Å². The van der Waals surface area contributed by atoms with Crippen molar-refractivity contribution in [3.05, 3.63) is 29.8 Å². The van der Waals surface area contributed by atoms with E-state index in [1.165, 1.54) is 9.80 Å². The summed E-state index contributed by atoms with van der Waals surface area (Å²) in [6.07, 6.45) is 3.72. The van der Waals surface area contributed by atoms with Crippen LogP contribution >= 0.6 is 0 Å². The predicted octanol–water partition coefficient (Wildman–Crippen LogP) is 3.45. The van der Waals surface area contributed by atoms with E-state index in [4.69, 9.17) is 9.47 Å². The van der Waals surface area contributed by atoms with Crippen molar-refractivity contribution in [3.8, 4) is 0 Å². The van der Waals surface area contributed by atoms with Gasteiger partial charge in [0.15, 0.2) is 0 Å². The summed E-state index contributed by atoms with van der Waals surface area (Å²) in [5.41, 5.74) is 1.45. The van der Waals surface area contributed by atoms with Crippen molar-refractivity contribution in [3.63, 3.8) is 0 Å². The van der Waals surface area contributed by atoms with Gasteiger partial charge in [0, 0.05) is 59.0 Å².